The summed E-state index contributed by atoms with van der Waals surface area (Å²) in [4.78, 5) is 1.46. The summed E-state index contributed by atoms with van der Waals surface area (Å²) in [6.45, 7) is 4.15. The lowest BCUT2D eigenvalue weighted by atomic mass is 9.61. The maximum atomic E-state index is 16.6. The Hall–Kier alpha value is -2.84. The third-order valence-corrected chi connectivity index (χ3v) is 15.5. The number of thioether (sulfide) groups is 2. The highest BCUT2D eigenvalue weighted by molar-refractivity contribution is 8.09. The van der Waals surface area contributed by atoms with Crippen molar-refractivity contribution in [3.05, 3.63) is 140 Å². The van der Waals surface area contributed by atoms with Crippen LogP contribution in [-0.2, 0) is 0 Å². The van der Waals surface area contributed by atoms with Crippen molar-refractivity contribution in [2.24, 2.45) is 11.8 Å². The van der Waals surface area contributed by atoms with Gasteiger partial charge in [0.1, 0.15) is 0 Å². The highest BCUT2D eigenvalue weighted by Gasteiger charge is 2.85. The second kappa shape index (κ2) is 14.4. The lowest BCUT2D eigenvalue weighted by molar-refractivity contribution is -0.258. The Morgan fingerprint density at radius 2 is 1.29 bits per heavy atom. The molecule has 0 radical (unpaired) electrons. The van der Waals surface area contributed by atoms with Crippen LogP contribution in [0.4, 0.5) is 26.3 Å². The molecule has 3 atom stereocenters. The van der Waals surface area contributed by atoms with Gasteiger partial charge in [-0.2, -0.15) is 26.3 Å². The van der Waals surface area contributed by atoms with E-state index in [1.54, 1.807) is 12.2 Å². The number of rotatable bonds is 9. The van der Waals surface area contributed by atoms with E-state index in [-0.39, 0.29) is 23.0 Å². The van der Waals surface area contributed by atoms with Gasteiger partial charge in [-0.05, 0) is 70.4 Å². The zero-order valence-electron chi connectivity index (χ0n) is 29.8. The van der Waals surface area contributed by atoms with Gasteiger partial charge in [0.25, 0.3) is 0 Å². The summed E-state index contributed by atoms with van der Waals surface area (Å²) in [7, 11) is 0. The number of alkyl halides is 6. The SMILES string of the molecule is CCCCCCC(C)[C@@]12SC(C3=C/C=C\C=C/C=C\3)=CC1=C1C(=C3C=C(C4CCCCCC4)S[C@]32C2=C/C=C\C=C/C=C\2)C(F)(F)C(F)(F)C1(F)F. The Kier molecular flexibility index (Phi) is 10.4. The van der Waals surface area contributed by atoms with Crippen LogP contribution in [0.5, 0.6) is 0 Å². The molecule has 2 heterocycles. The fourth-order valence-corrected chi connectivity index (χ4v) is 13.0. The van der Waals surface area contributed by atoms with Gasteiger partial charge in [-0.15, -0.1) is 23.5 Å². The van der Waals surface area contributed by atoms with Crippen molar-refractivity contribution >= 4 is 23.5 Å². The van der Waals surface area contributed by atoms with Gasteiger partial charge in [-0.3, -0.25) is 0 Å². The van der Waals surface area contributed by atoms with Gasteiger partial charge in [0, 0.05) is 16.1 Å². The summed E-state index contributed by atoms with van der Waals surface area (Å²) < 4.78 is 95.7. The molecule has 52 heavy (non-hydrogen) atoms. The summed E-state index contributed by atoms with van der Waals surface area (Å²) in [6.07, 6.45) is 39.4. The molecule has 8 heteroatoms. The van der Waals surface area contributed by atoms with E-state index in [0.717, 1.165) is 69.1 Å². The van der Waals surface area contributed by atoms with E-state index in [1.165, 1.54) is 23.5 Å². The van der Waals surface area contributed by atoms with Crippen molar-refractivity contribution in [1.82, 2.24) is 0 Å². The quantitative estimate of drug-likeness (QED) is 0.131. The average molecular weight is 753 g/mol. The monoisotopic (exact) mass is 752 g/mol. The Morgan fingerprint density at radius 3 is 1.98 bits per heavy atom. The molecule has 2 saturated carbocycles. The van der Waals surface area contributed by atoms with Gasteiger partial charge in [0.2, 0.25) is 0 Å². The molecule has 7 aliphatic rings. The fraction of sp³-hybridized carbons (Fsp3) is 0.455. The Bertz CT molecular complexity index is 1830. The first-order valence-corrected chi connectivity index (χ1v) is 20.5. The van der Waals surface area contributed by atoms with Gasteiger partial charge >= 0.3 is 17.8 Å². The van der Waals surface area contributed by atoms with E-state index in [1.807, 2.05) is 92.0 Å². The molecule has 0 aromatic carbocycles. The van der Waals surface area contributed by atoms with Crippen molar-refractivity contribution < 1.29 is 26.3 Å². The summed E-state index contributed by atoms with van der Waals surface area (Å²) in [5.74, 6) is -16.1. The number of hydrogen-bond donors (Lipinski definition) is 0. The standard InChI is InChI=1S/C44H46F6S2/c1-3-4-5-14-21-30(2)40-34(28-36(51-40)31-22-15-8-6-9-16-23-31)38-39(43(47,48)44(49,50)42(38,45)46)35-29-37(32-24-17-12-13-18-25-32)52-41(35,40)33-26-19-10-7-11-20-27-33/h6-11,15-16,19-20,22-23,26-30,32H,3-5,12-14,17-18,21,24-25H2,1-2H3/b8-6-,9-6?,10-7-,11-7?,15-8?,16-9-,19-10?,20-11-,22-15-,23-16?,26-19-,27-20?,31-22?,31-23+,33-26?,33-27+/t30?,40-,41-/m1/s1. The zero-order valence-corrected chi connectivity index (χ0v) is 31.4. The first kappa shape index (κ1) is 37.5. The van der Waals surface area contributed by atoms with Crippen LogP contribution >= 0.6 is 23.5 Å². The van der Waals surface area contributed by atoms with Gasteiger partial charge in [0.15, 0.2) is 0 Å². The Labute approximate surface area is 312 Å². The van der Waals surface area contributed by atoms with Crippen LogP contribution in [0.3, 0.4) is 0 Å². The molecule has 276 valence electrons. The van der Waals surface area contributed by atoms with Crippen LogP contribution in [0.2, 0.25) is 0 Å². The molecule has 5 aliphatic carbocycles. The van der Waals surface area contributed by atoms with Crippen molar-refractivity contribution in [3.63, 3.8) is 0 Å². The summed E-state index contributed by atoms with van der Waals surface area (Å²) in [5.41, 5.74) is -1.13. The van der Waals surface area contributed by atoms with Crippen molar-refractivity contribution in [3.8, 4) is 0 Å². The molecule has 0 spiro atoms. The minimum atomic E-state index is -5.61. The number of fused-ring (bicyclic) bond motifs is 4. The van der Waals surface area contributed by atoms with Crippen LogP contribution in [0.25, 0.3) is 0 Å². The molecule has 0 bridgehead atoms. The molecular weight excluding hydrogens is 707 g/mol. The molecule has 0 N–H and O–H groups in total. The normalized spacial score (nSPS) is 36.5. The lowest BCUT2D eigenvalue weighted by Gasteiger charge is -2.55. The highest BCUT2D eigenvalue weighted by Crippen LogP contribution is 2.78. The van der Waals surface area contributed by atoms with Crippen LogP contribution < -0.4 is 0 Å². The van der Waals surface area contributed by atoms with Gasteiger partial charge in [-0.25, -0.2) is 0 Å². The lowest BCUT2D eigenvalue weighted by Crippen LogP contribution is -2.57. The molecule has 1 unspecified atom stereocenters. The predicted octanol–water partition coefficient (Wildman–Crippen LogP) is 14.0. The molecule has 0 amide bonds. The minimum absolute atomic E-state index is 0.0310. The zero-order chi connectivity index (χ0) is 36.8. The molecule has 2 fully saturated rings. The van der Waals surface area contributed by atoms with Crippen LogP contribution in [0.1, 0.15) is 84.5 Å². The molecule has 2 aliphatic heterocycles. The number of unbranched alkanes of at least 4 members (excludes halogenated alkanes) is 3. The smallest absolute Gasteiger partial charge is 0.194 e. The molecule has 0 saturated heterocycles. The fourth-order valence-electron chi connectivity index (χ4n) is 9.14. The topological polar surface area (TPSA) is 0 Å². The first-order valence-electron chi connectivity index (χ1n) is 18.8. The molecule has 0 nitrogen and oxygen atoms in total. The van der Waals surface area contributed by atoms with E-state index < -0.39 is 38.4 Å². The molecule has 7 rings (SSSR count). The third-order valence-electron chi connectivity index (χ3n) is 11.7. The van der Waals surface area contributed by atoms with Crippen molar-refractivity contribution in [2.45, 2.75) is 112 Å². The van der Waals surface area contributed by atoms with Crippen molar-refractivity contribution in [1.29, 1.82) is 0 Å². The number of halogens is 6. The number of allylic oxidation sites excluding steroid dienone is 20. The summed E-state index contributed by atoms with van der Waals surface area (Å²) in [6, 6.07) is 0. The minimum Gasteiger partial charge on any atom is -0.194 e. The second-order valence-corrected chi connectivity index (χ2v) is 17.5. The van der Waals surface area contributed by atoms with Crippen LogP contribution in [0, 0.1) is 11.8 Å². The highest BCUT2D eigenvalue weighted by atomic mass is 32.2. The molecule has 0 aromatic heterocycles. The second-order valence-electron chi connectivity index (χ2n) is 14.9. The Morgan fingerprint density at radius 1 is 0.673 bits per heavy atom. The van der Waals surface area contributed by atoms with Crippen LogP contribution in [-0.4, -0.2) is 27.3 Å². The van der Waals surface area contributed by atoms with E-state index in [4.69, 9.17) is 0 Å². The van der Waals surface area contributed by atoms with E-state index in [0.29, 0.717) is 22.5 Å². The largest absolute Gasteiger partial charge is 0.380 e. The number of hydrogen-bond acceptors (Lipinski definition) is 2. The van der Waals surface area contributed by atoms with E-state index >= 15 is 26.3 Å². The maximum absolute atomic E-state index is 16.6. The third kappa shape index (κ3) is 5.67. The van der Waals surface area contributed by atoms with Gasteiger partial charge in [0.05, 0.1) is 9.49 Å². The molecular formula is C44H46F6S2. The molecule has 0 aromatic rings. The summed E-state index contributed by atoms with van der Waals surface area (Å²) in [5, 5.41) is 0. The average Bonchev–Trinajstić information content (AvgIpc) is 3.59. The van der Waals surface area contributed by atoms with E-state index in [2.05, 4.69) is 6.92 Å². The van der Waals surface area contributed by atoms with E-state index in [9.17, 15) is 0 Å². The van der Waals surface area contributed by atoms with Gasteiger partial charge in [-0.1, -0.05) is 150 Å². The summed E-state index contributed by atoms with van der Waals surface area (Å²) >= 11 is 2.90. The van der Waals surface area contributed by atoms with Crippen LogP contribution in [0.15, 0.2) is 140 Å². The van der Waals surface area contributed by atoms with Gasteiger partial charge < -0.3 is 0 Å². The Balaban J connectivity index is 1.58. The first-order chi connectivity index (χ1) is 24.9. The predicted molar refractivity (Wildman–Crippen MR) is 206 cm³/mol. The van der Waals surface area contributed by atoms with Crippen molar-refractivity contribution in [2.75, 3.05) is 0 Å². The maximum Gasteiger partial charge on any atom is 0.380 e.